The molecule has 2 nitrogen and oxygen atoms in total. The Bertz CT molecular complexity index is 517. The van der Waals surface area contributed by atoms with Crippen LogP contribution in [-0.2, 0) is 0 Å². The van der Waals surface area contributed by atoms with Gasteiger partial charge in [-0.1, -0.05) is 23.8 Å². The highest BCUT2D eigenvalue weighted by atomic mass is 35.5. The van der Waals surface area contributed by atoms with Gasteiger partial charge in [0.2, 0.25) is 0 Å². The molecule has 4 heteroatoms. The van der Waals surface area contributed by atoms with Crippen LogP contribution in [0.2, 0.25) is 5.02 Å². The normalized spacial score (nSPS) is 9.61. The van der Waals surface area contributed by atoms with E-state index in [2.05, 4.69) is 9.97 Å². The zero-order chi connectivity index (χ0) is 13.7. The number of rotatable bonds is 0. The second-order valence-electron chi connectivity index (χ2n) is 4.25. The van der Waals surface area contributed by atoms with Crippen molar-refractivity contribution >= 4 is 23.8 Å². The lowest BCUT2D eigenvalue weighted by atomic mass is 10.3. The number of H-pyrrole nitrogens is 1. The number of aromatic amines is 1. The van der Waals surface area contributed by atoms with Crippen molar-refractivity contribution in [3.63, 3.8) is 0 Å². The predicted molar refractivity (Wildman–Crippen MR) is 79.8 cm³/mol. The minimum absolute atomic E-state index is 0.764. The van der Waals surface area contributed by atoms with Crippen LogP contribution in [0.15, 0.2) is 24.3 Å². The van der Waals surface area contributed by atoms with Crippen LogP contribution in [0.3, 0.4) is 0 Å². The van der Waals surface area contributed by atoms with Crippen LogP contribution in [0.25, 0.3) is 0 Å². The summed E-state index contributed by atoms with van der Waals surface area (Å²) in [4.78, 5) is 7.29. The van der Waals surface area contributed by atoms with Gasteiger partial charge in [0.25, 0.3) is 0 Å². The van der Waals surface area contributed by atoms with Crippen molar-refractivity contribution in [1.29, 1.82) is 0 Å². The van der Waals surface area contributed by atoms with Gasteiger partial charge in [0.1, 0.15) is 0 Å². The van der Waals surface area contributed by atoms with Crippen molar-refractivity contribution in [2.24, 2.45) is 0 Å². The fourth-order valence-corrected chi connectivity index (χ4v) is 2.30. The first-order valence-electron chi connectivity index (χ1n) is 5.65. The molecule has 0 aliphatic heterocycles. The molecule has 2 aromatic heterocycles. The van der Waals surface area contributed by atoms with Crippen molar-refractivity contribution in [2.45, 2.75) is 27.7 Å². The van der Waals surface area contributed by atoms with Gasteiger partial charge in [-0.05, 0) is 52.0 Å². The maximum atomic E-state index is 5.71. The van der Waals surface area contributed by atoms with E-state index in [1.807, 2.05) is 52.0 Å². The van der Waals surface area contributed by atoms with Crippen LogP contribution >= 0.6 is 23.8 Å². The van der Waals surface area contributed by atoms with Crippen molar-refractivity contribution < 1.29 is 0 Å². The molecule has 1 N–H and O–H groups in total. The molecule has 0 amide bonds. The third-order valence-corrected chi connectivity index (χ3v) is 2.61. The number of nitrogens with zero attached hydrogens (tertiary/aromatic N) is 1. The minimum Gasteiger partial charge on any atom is -0.363 e. The van der Waals surface area contributed by atoms with Crippen LogP contribution < -0.4 is 0 Å². The summed E-state index contributed by atoms with van der Waals surface area (Å²) in [7, 11) is 0. The number of nitrogens with one attached hydrogen (secondary N) is 1. The van der Waals surface area contributed by atoms with Crippen LogP contribution in [0.4, 0.5) is 0 Å². The van der Waals surface area contributed by atoms with Gasteiger partial charge in [0.05, 0.1) is 0 Å². The maximum absolute atomic E-state index is 5.71. The fraction of sp³-hybridized carbons (Fsp3) is 0.286. The molecule has 0 aliphatic rings. The first kappa shape index (κ1) is 14.9. The molecule has 0 spiro atoms. The summed E-state index contributed by atoms with van der Waals surface area (Å²) < 4.78 is 0.906. The summed E-state index contributed by atoms with van der Waals surface area (Å²) in [6, 6.07) is 7.58. The standard InChI is InChI=1S/C7H8ClN.C7H9NS/c1-5-3-7(8)4-6(2)9-5;1-5-3-7(9)4-6(2)8-5/h3-4H,1-2H3;3-4H,1-2H3,(H,8,9). The Hall–Kier alpha value is -1.19. The molecule has 0 saturated carbocycles. The fourth-order valence-electron chi connectivity index (χ4n) is 1.64. The molecule has 0 fully saturated rings. The molecule has 0 aromatic carbocycles. The van der Waals surface area contributed by atoms with Crippen LogP contribution in [0.5, 0.6) is 0 Å². The number of halogens is 1. The molecular weight excluding hydrogens is 264 g/mol. The second kappa shape index (κ2) is 6.66. The average Bonchev–Trinajstić information content (AvgIpc) is 2.12. The Morgan fingerprint density at radius 2 is 1.39 bits per heavy atom. The Morgan fingerprint density at radius 3 is 1.72 bits per heavy atom. The average molecular weight is 281 g/mol. The Labute approximate surface area is 118 Å². The summed E-state index contributed by atoms with van der Waals surface area (Å²) in [5.74, 6) is 0. The van der Waals surface area contributed by atoms with Crippen molar-refractivity contribution in [3.8, 4) is 0 Å². The summed E-state index contributed by atoms with van der Waals surface area (Å²) in [5.41, 5.74) is 4.19. The van der Waals surface area contributed by atoms with Gasteiger partial charge in [-0.25, -0.2) is 0 Å². The van der Waals surface area contributed by atoms with Crippen LogP contribution in [-0.4, -0.2) is 9.97 Å². The second-order valence-corrected chi connectivity index (χ2v) is 5.16. The molecule has 0 bridgehead atoms. The molecule has 0 radical (unpaired) electrons. The molecule has 0 saturated heterocycles. The Kier molecular flexibility index (Phi) is 5.51. The highest BCUT2D eigenvalue weighted by Crippen LogP contribution is 2.09. The van der Waals surface area contributed by atoms with Gasteiger partial charge < -0.3 is 4.98 Å². The number of pyridine rings is 2. The van der Waals surface area contributed by atoms with E-state index in [1.54, 1.807) is 0 Å². The summed E-state index contributed by atoms with van der Waals surface area (Å²) in [6.07, 6.45) is 0. The molecule has 2 rings (SSSR count). The van der Waals surface area contributed by atoms with Gasteiger partial charge in [-0.2, -0.15) is 0 Å². The minimum atomic E-state index is 0.764. The van der Waals surface area contributed by atoms with Crippen molar-refractivity contribution in [1.82, 2.24) is 9.97 Å². The summed E-state index contributed by atoms with van der Waals surface area (Å²) >= 11 is 10.7. The van der Waals surface area contributed by atoms with Gasteiger partial charge in [0.15, 0.2) is 0 Å². The number of hydrogen-bond donors (Lipinski definition) is 1. The molecule has 18 heavy (non-hydrogen) atoms. The quantitative estimate of drug-likeness (QED) is 0.708. The monoisotopic (exact) mass is 280 g/mol. The highest BCUT2D eigenvalue weighted by Gasteiger charge is 1.90. The topological polar surface area (TPSA) is 28.7 Å². The van der Waals surface area contributed by atoms with E-state index in [0.717, 1.165) is 32.3 Å². The first-order chi connectivity index (χ1) is 8.36. The largest absolute Gasteiger partial charge is 0.363 e. The smallest absolute Gasteiger partial charge is 0.0441 e. The van der Waals surface area contributed by atoms with Gasteiger partial charge >= 0.3 is 0 Å². The van der Waals surface area contributed by atoms with E-state index in [-0.39, 0.29) is 0 Å². The molecule has 0 aliphatic carbocycles. The maximum Gasteiger partial charge on any atom is 0.0441 e. The molecular formula is C14H17ClN2S. The molecule has 96 valence electrons. The number of aryl methyl sites for hydroxylation is 4. The Morgan fingerprint density at radius 1 is 0.944 bits per heavy atom. The zero-order valence-corrected chi connectivity index (χ0v) is 12.6. The lowest BCUT2D eigenvalue weighted by Gasteiger charge is -1.94. The van der Waals surface area contributed by atoms with Gasteiger partial charge in [-0.3, -0.25) is 4.98 Å². The van der Waals surface area contributed by atoms with Gasteiger partial charge in [0, 0.05) is 32.3 Å². The van der Waals surface area contributed by atoms with Crippen LogP contribution in [0.1, 0.15) is 22.8 Å². The number of hydrogen-bond acceptors (Lipinski definition) is 2. The lowest BCUT2D eigenvalue weighted by Crippen LogP contribution is -1.83. The van der Waals surface area contributed by atoms with Crippen LogP contribution in [0, 0.1) is 32.2 Å². The third kappa shape index (κ3) is 5.43. The van der Waals surface area contributed by atoms with E-state index in [9.17, 15) is 0 Å². The van der Waals surface area contributed by atoms with Crippen molar-refractivity contribution in [2.75, 3.05) is 0 Å². The van der Waals surface area contributed by atoms with Crippen molar-refractivity contribution in [3.05, 3.63) is 56.6 Å². The first-order valence-corrected chi connectivity index (χ1v) is 6.44. The summed E-state index contributed by atoms with van der Waals surface area (Å²) in [6.45, 7) is 7.86. The SMILES string of the molecule is Cc1cc(=S)cc(C)[nH]1.Cc1cc(Cl)cc(C)n1. The predicted octanol–water partition coefficient (Wildman–Crippen LogP) is 4.71. The molecule has 2 aromatic rings. The zero-order valence-electron chi connectivity index (χ0n) is 11.0. The molecule has 2 heterocycles. The van der Waals surface area contributed by atoms with E-state index in [0.29, 0.717) is 0 Å². The lowest BCUT2D eigenvalue weighted by molar-refractivity contribution is 1.12. The molecule has 0 unspecified atom stereocenters. The number of aromatic nitrogens is 2. The Balaban J connectivity index is 0.000000180. The van der Waals surface area contributed by atoms with E-state index >= 15 is 0 Å². The third-order valence-electron chi connectivity index (χ3n) is 2.16. The van der Waals surface area contributed by atoms with Gasteiger partial charge in [-0.15, -0.1) is 0 Å². The van der Waals surface area contributed by atoms with E-state index < -0.39 is 0 Å². The van der Waals surface area contributed by atoms with E-state index in [1.165, 1.54) is 0 Å². The van der Waals surface area contributed by atoms with E-state index in [4.69, 9.17) is 23.8 Å². The summed E-state index contributed by atoms with van der Waals surface area (Å²) in [5, 5.41) is 0.764. The molecule has 0 atom stereocenters. The highest BCUT2D eigenvalue weighted by molar-refractivity contribution is 7.71.